The van der Waals surface area contributed by atoms with E-state index in [-0.39, 0.29) is 0 Å². The van der Waals surface area contributed by atoms with Crippen LogP contribution in [0.4, 0.5) is 8.78 Å². The predicted molar refractivity (Wildman–Crippen MR) is 78.8 cm³/mol. The summed E-state index contributed by atoms with van der Waals surface area (Å²) >= 11 is 6.22. The Balaban J connectivity index is 2.22. The molecule has 0 bridgehead atoms. The summed E-state index contributed by atoms with van der Waals surface area (Å²) in [6, 6.07) is 9.40. The third kappa shape index (κ3) is 3.56. The molecule has 0 heterocycles. The van der Waals surface area contributed by atoms with E-state index in [1.807, 2.05) is 18.2 Å². The maximum Gasteiger partial charge on any atom is 0.159 e. The van der Waals surface area contributed by atoms with Crippen LogP contribution >= 0.6 is 11.6 Å². The molecule has 2 aromatic carbocycles. The summed E-state index contributed by atoms with van der Waals surface area (Å²) in [5.74, 6) is -1.72. The monoisotopic (exact) mass is 295 g/mol. The summed E-state index contributed by atoms with van der Waals surface area (Å²) in [5, 5.41) is 3.82. The van der Waals surface area contributed by atoms with Crippen LogP contribution in [0.2, 0.25) is 5.02 Å². The summed E-state index contributed by atoms with van der Waals surface area (Å²) in [7, 11) is 0. The number of hydrogen-bond acceptors (Lipinski definition) is 1. The van der Waals surface area contributed by atoms with E-state index in [9.17, 15) is 8.78 Å². The van der Waals surface area contributed by atoms with Crippen LogP contribution in [0, 0.1) is 11.6 Å². The van der Waals surface area contributed by atoms with Crippen LogP contribution in [-0.4, -0.2) is 6.54 Å². The van der Waals surface area contributed by atoms with Crippen molar-refractivity contribution in [2.45, 2.75) is 19.9 Å². The molecule has 0 fully saturated rings. The van der Waals surface area contributed by atoms with Gasteiger partial charge in [-0.1, -0.05) is 36.7 Å². The van der Waals surface area contributed by atoms with E-state index in [0.29, 0.717) is 16.1 Å². The average molecular weight is 296 g/mol. The Morgan fingerprint density at radius 2 is 1.85 bits per heavy atom. The van der Waals surface area contributed by atoms with Gasteiger partial charge in [0, 0.05) is 17.1 Å². The highest BCUT2D eigenvalue weighted by molar-refractivity contribution is 6.33. The van der Waals surface area contributed by atoms with Gasteiger partial charge in [-0.05, 0) is 42.3 Å². The molecular weight excluding hydrogens is 280 g/mol. The van der Waals surface area contributed by atoms with Crippen LogP contribution < -0.4 is 5.32 Å². The lowest BCUT2D eigenvalue weighted by molar-refractivity contribution is 0.509. The molecule has 0 atom stereocenters. The van der Waals surface area contributed by atoms with E-state index >= 15 is 0 Å². The Kier molecular flexibility index (Phi) is 5.10. The van der Waals surface area contributed by atoms with Crippen molar-refractivity contribution in [1.29, 1.82) is 0 Å². The van der Waals surface area contributed by atoms with Crippen molar-refractivity contribution in [1.82, 2.24) is 5.32 Å². The molecule has 2 rings (SSSR count). The fourth-order valence-electron chi connectivity index (χ4n) is 1.98. The Hall–Kier alpha value is -1.45. The van der Waals surface area contributed by atoms with E-state index in [1.165, 1.54) is 6.07 Å². The number of halogens is 3. The molecule has 0 saturated heterocycles. The molecule has 0 saturated carbocycles. The molecule has 4 heteroatoms. The first-order chi connectivity index (χ1) is 9.61. The minimum atomic E-state index is -0.868. The van der Waals surface area contributed by atoms with Crippen LogP contribution in [0.1, 0.15) is 18.9 Å². The zero-order chi connectivity index (χ0) is 14.5. The van der Waals surface area contributed by atoms with Crippen LogP contribution in [0.3, 0.4) is 0 Å². The second-order valence-electron chi connectivity index (χ2n) is 4.62. The third-order valence-electron chi connectivity index (χ3n) is 3.02. The fraction of sp³-hybridized carbons (Fsp3) is 0.250. The lowest BCUT2D eigenvalue weighted by atomic mass is 10.0. The standard InChI is InChI=1S/C16H16ClF2N/c1-2-7-20-10-11-3-5-13(14(17)8-11)12-4-6-15(18)16(19)9-12/h3-6,8-9,20H,2,7,10H2,1H3. The molecule has 0 aromatic heterocycles. The van der Waals surface area contributed by atoms with Crippen LogP contribution in [0.5, 0.6) is 0 Å². The van der Waals surface area contributed by atoms with E-state index in [0.717, 1.165) is 37.2 Å². The van der Waals surface area contributed by atoms with Gasteiger partial charge in [-0.3, -0.25) is 0 Å². The Bertz CT molecular complexity index is 599. The van der Waals surface area contributed by atoms with Gasteiger partial charge in [-0.2, -0.15) is 0 Å². The first-order valence-electron chi connectivity index (χ1n) is 6.56. The van der Waals surface area contributed by atoms with Crippen molar-refractivity contribution in [2.24, 2.45) is 0 Å². The lowest BCUT2D eigenvalue weighted by Gasteiger charge is -2.09. The van der Waals surface area contributed by atoms with Gasteiger partial charge in [0.25, 0.3) is 0 Å². The maximum absolute atomic E-state index is 13.3. The SMILES string of the molecule is CCCNCc1ccc(-c2ccc(F)c(F)c2)c(Cl)c1. The molecule has 1 nitrogen and oxygen atoms in total. The number of nitrogens with one attached hydrogen (secondary N) is 1. The molecule has 1 N–H and O–H groups in total. The summed E-state index contributed by atoms with van der Waals surface area (Å²) in [6.45, 7) is 3.79. The minimum Gasteiger partial charge on any atom is -0.313 e. The summed E-state index contributed by atoms with van der Waals surface area (Å²) in [6.07, 6.45) is 1.07. The van der Waals surface area contributed by atoms with E-state index in [1.54, 1.807) is 0 Å². The zero-order valence-corrected chi connectivity index (χ0v) is 12.0. The van der Waals surface area contributed by atoms with Gasteiger partial charge >= 0.3 is 0 Å². The van der Waals surface area contributed by atoms with Gasteiger partial charge in [0.1, 0.15) is 0 Å². The molecule has 106 valence electrons. The van der Waals surface area contributed by atoms with E-state index in [4.69, 9.17) is 11.6 Å². The van der Waals surface area contributed by atoms with Crippen molar-refractivity contribution in [3.63, 3.8) is 0 Å². The van der Waals surface area contributed by atoms with Crippen molar-refractivity contribution < 1.29 is 8.78 Å². The third-order valence-corrected chi connectivity index (χ3v) is 3.33. The highest BCUT2D eigenvalue weighted by Gasteiger charge is 2.08. The first kappa shape index (κ1) is 14.9. The van der Waals surface area contributed by atoms with Gasteiger partial charge < -0.3 is 5.32 Å². The van der Waals surface area contributed by atoms with E-state index < -0.39 is 11.6 Å². The number of hydrogen-bond donors (Lipinski definition) is 1. The van der Waals surface area contributed by atoms with Crippen LogP contribution in [0.15, 0.2) is 36.4 Å². The Labute approximate surface area is 122 Å². The molecule has 0 aliphatic carbocycles. The Morgan fingerprint density at radius 1 is 1.05 bits per heavy atom. The van der Waals surface area contributed by atoms with Gasteiger partial charge in [0.2, 0.25) is 0 Å². The maximum atomic E-state index is 13.3. The van der Waals surface area contributed by atoms with Gasteiger partial charge in [-0.15, -0.1) is 0 Å². The Morgan fingerprint density at radius 3 is 2.50 bits per heavy atom. The first-order valence-corrected chi connectivity index (χ1v) is 6.94. The highest BCUT2D eigenvalue weighted by Crippen LogP contribution is 2.29. The van der Waals surface area contributed by atoms with E-state index in [2.05, 4.69) is 12.2 Å². The fourth-order valence-corrected chi connectivity index (χ4v) is 2.29. The smallest absolute Gasteiger partial charge is 0.159 e. The number of benzene rings is 2. The number of rotatable bonds is 5. The predicted octanol–water partition coefficient (Wildman–Crippen LogP) is 4.78. The second kappa shape index (κ2) is 6.82. The highest BCUT2D eigenvalue weighted by atomic mass is 35.5. The minimum absolute atomic E-state index is 0.534. The lowest BCUT2D eigenvalue weighted by Crippen LogP contribution is -2.13. The summed E-state index contributed by atoms with van der Waals surface area (Å²) in [4.78, 5) is 0. The van der Waals surface area contributed by atoms with Gasteiger partial charge in [0.15, 0.2) is 11.6 Å². The van der Waals surface area contributed by atoms with Gasteiger partial charge in [0.05, 0.1) is 0 Å². The molecule has 0 unspecified atom stereocenters. The largest absolute Gasteiger partial charge is 0.313 e. The van der Waals surface area contributed by atoms with Crippen molar-refractivity contribution in [3.05, 3.63) is 58.6 Å². The molecule has 0 aliphatic heterocycles. The molecular formula is C16H16ClF2N. The quantitative estimate of drug-likeness (QED) is 0.782. The topological polar surface area (TPSA) is 12.0 Å². The van der Waals surface area contributed by atoms with Crippen molar-refractivity contribution in [2.75, 3.05) is 6.54 Å². The molecule has 0 aliphatic rings. The summed E-state index contributed by atoms with van der Waals surface area (Å²) < 4.78 is 26.2. The molecule has 20 heavy (non-hydrogen) atoms. The van der Waals surface area contributed by atoms with Gasteiger partial charge in [-0.25, -0.2) is 8.78 Å². The molecule has 0 spiro atoms. The molecule has 0 amide bonds. The van der Waals surface area contributed by atoms with Crippen LogP contribution in [0.25, 0.3) is 11.1 Å². The van der Waals surface area contributed by atoms with Crippen LogP contribution in [-0.2, 0) is 6.54 Å². The van der Waals surface area contributed by atoms with Crippen molar-refractivity contribution >= 4 is 11.6 Å². The molecule has 0 radical (unpaired) electrons. The normalized spacial score (nSPS) is 10.8. The molecule has 2 aromatic rings. The van der Waals surface area contributed by atoms with Crippen molar-refractivity contribution in [3.8, 4) is 11.1 Å². The summed E-state index contributed by atoms with van der Waals surface area (Å²) in [5.41, 5.74) is 2.33. The zero-order valence-electron chi connectivity index (χ0n) is 11.2. The second-order valence-corrected chi connectivity index (χ2v) is 5.03. The average Bonchev–Trinajstić information content (AvgIpc) is 2.43.